The Morgan fingerprint density at radius 3 is 2.67 bits per heavy atom. The zero-order chi connectivity index (χ0) is 19.0. The first-order valence-corrected chi connectivity index (χ1v) is 9.41. The van der Waals surface area contributed by atoms with E-state index in [0.29, 0.717) is 22.9 Å². The summed E-state index contributed by atoms with van der Waals surface area (Å²) in [5.74, 6) is 2.08. The lowest BCUT2D eigenvalue weighted by Gasteiger charge is -2.28. The number of aromatic amines is 1. The van der Waals surface area contributed by atoms with Crippen molar-refractivity contribution in [1.82, 2.24) is 15.5 Å². The van der Waals surface area contributed by atoms with Crippen LogP contribution in [0.4, 0.5) is 8.78 Å². The van der Waals surface area contributed by atoms with E-state index in [-0.39, 0.29) is 17.7 Å². The van der Waals surface area contributed by atoms with Crippen LogP contribution in [-0.4, -0.2) is 28.8 Å². The molecule has 27 heavy (non-hydrogen) atoms. The third-order valence-electron chi connectivity index (χ3n) is 5.99. The maximum absolute atomic E-state index is 12.6. The minimum absolute atomic E-state index is 0.0851. The molecule has 4 unspecified atom stereocenters. The van der Waals surface area contributed by atoms with Crippen LogP contribution in [0.5, 0.6) is 5.75 Å². The number of carbonyl (C=O) groups is 1. The predicted molar refractivity (Wildman–Crippen MR) is 96.5 cm³/mol. The van der Waals surface area contributed by atoms with Gasteiger partial charge in [0.1, 0.15) is 11.4 Å². The van der Waals surface area contributed by atoms with Gasteiger partial charge in [0.15, 0.2) is 0 Å². The molecule has 7 heteroatoms. The topological polar surface area (TPSA) is 67.0 Å². The van der Waals surface area contributed by atoms with Crippen molar-refractivity contribution >= 4 is 5.91 Å². The fourth-order valence-corrected chi connectivity index (χ4v) is 4.69. The van der Waals surface area contributed by atoms with Gasteiger partial charge >= 0.3 is 6.61 Å². The van der Waals surface area contributed by atoms with E-state index < -0.39 is 6.61 Å². The number of H-pyrrole nitrogens is 1. The first-order valence-electron chi connectivity index (χ1n) is 9.41. The molecule has 2 aliphatic carbocycles. The molecule has 1 aromatic carbocycles. The Labute approximate surface area is 156 Å². The SMILES string of the molecule is CC(NC(=O)c1cc(-c2ccc(OC(F)F)cc2)n[nH]1)C1CC2CCC1C2. The summed E-state index contributed by atoms with van der Waals surface area (Å²) in [6, 6.07) is 7.98. The zero-order valence-electron chi connectivity index (χ0n) is 15.1. The number of fused-ring (bicyclic) bond motifs is 2. The van der Waals surface area contributed by atoms with E-state index in [1.165, 1.54) is 37.8 Å². The van der Waals surface area contributed by atoms with E-state index in [1.54, 1.807) is 18.2 Å². The smallest absolute Gasteiger partial charge is 0.387 e. The Morgan fingerprint density at radius 2 is 2.04 bits per heavy atom. The van der Waals surface area contributed by atoms with Gasteiger partial charge < -0.3 is 10.1 Å². The Kier molecular flexibility index (Phi) is 4.85. The van der Waals surface area contributed by atoms with Crippen LogP contribution < -0.4 is 10.1 Å². The highest BCUT2D eigenvalue weighted by Crippen LogP contribution is 2.49. The molecule has 2 fully saturated rings. The van der Waals surface area contributed by atoms with Crippen molar-refractivity contribution in [2.75, 3.05) is 0 Å². The fraction of sp³-hybridized carbons (Fsp3) is 0.500. The summed E-state index contributed by atoms with van der Waals surface area (Å²) in [4.78, 5) is 12.6. The van der Waals surface area contributed by atoms with Crippen molar-refractivity contribution in [3.8, 4) is 17.0 Å². The van der Waals surface area contributed by atoms with Crippen molar-refractivity contribution in [3.05, 3.63) is 36.0 Å². The van der Waals surface area contributed by atoms with Gasteiger partial charge in [-0.05, 0) is 74.3 Å². The molecule has 4 atom stereocenters. The van der Waals surface area contributed by atoms with E-state index in [0.717, 1.165) is 11.8 Å². The molecule has 2 aromatic rings. The monoisotopic (exact) mass is 375 g/mol. The van der Waals surface area contributed by atoms with Gasteiger partial charge in [0, 0.05) is 11.6 Å². The minimum Gasteiger partial charge on any atom is -0.435 e. The van der Waals surface area contributed by atoms with Crippen LogP contribution in [-0.2, 0) is 0 Å². The largest absolute Gasteiger partial charge is 0.435 e. The first-order chi connectivity index (χ1) is 13.0. The van der Waals surface area contributed by atoms with Crippen LogP contribution in [0.25, 0.3) is 11.3 Å². The molecule has 144 valence electrons. The van der Waals surface area contributed by atoms with E-state index in [2.05, 4.69) is 27.2 Å². The zero-order valence-corrected chi connectivity index (χ0v) is 15.1. The number of rotatable bonds is 6. The Hall–Kier alpha value is -2.44. The number of amides is 1. The van der Waals surface area contributed by atoms with Crippen molar-refractivity contribution < 1.29 is 18.3 Å². The lowest BCUT2D eigenvalue weighted by molar-refractivity contribution is -0.0498. The minimum atomic E-state index is -2.85. The maximum Gasteiger partial charge on any atom is 0.387 e. The molecule has 0 saturated heterocycles. The number of halogens is 2. The Bertz CT molecular complexity index is 806. The molecule has 2 aliphatic rings. The lowest BCUT2D eigenvalue weighted by Crippen LogP contribution is -2.40. The standard InChI is InChI=1S/C20H23F2N3O2/c1-11(16-9-12-2-3-14(16)8-12)23-19(26)18-10-17(24-25-18)13-4-6-15(7-5-13)27-20(21)22/h4-7,10-12,14,16,20H,2-3,8-9H2,1H3,(H,23,26)(H,24,25). The van der Waals surface area contributed by atoms with Gasteiger partial charge in [-0.3, -0.25) is 9.89 Å². The van der Waals surface area contributed by atoms with Crippen molar-refractivity contribution in [1.29, 1.82) is 0 Å². The third-order valence-corrected chi connectivity index (χ3v) is 5.99. The van der Waals surface area contributed by atoms with Crippen molar-refractivity contribution in [2.45, 2.75) is 45.3 Å². The average molecular weight is 375 g/mol. The molecule has 1 heterocycles. The number of benzene rings is 1. The molecule has 4 rings (SSSR count). The summed E-state index contributed by atoms with van der Waals surface area (Å²) in [7, 11) is 0. The summed E-state index contributed by atoms with van der Waals surface area (Å²) in [5.41, 5.74) is 1.69. The highest BCUT2D eigenvalue weighted by molar-refractivity contribution is 5.93. The molecule has 1 amide bonds. The molecule has 2 saturated carbocycles. The summed E-state index contributed by atoms with van der Waals surface area (Å²) in [6.07, 6.45) is 5.15. The van der Waals surface area contributed by atoms with E-state index in [1.807, 2.05) is 0 Å². The molecule has 2 bridgehead atoms. The summed E-state index contributed by atoms with van der Waals surface area (Å²) in [6.45, 7) is -0.768. The van der Waals surface area contributed by atoms with E-state index >= 15 is 0 Å². The highest BCUT2D eigenvalue weighted by Gasteiger charge is 2.42. The fourth-order valence-electron chi connectivity index (χ4n) is 4.69. The molecule has 0 radical (unpaired) electrons. The molecular weight excluding hydrogens is 352 g/mol. The Balaban J connectivity index is 1.39. The molecule has 2 N–H and O–H groups in total. The summed E-state index contributed by atoms with van der Waals surface area (Å²) < 4.78 is 28.8. The van der Waals surface area contributed by atoms with Crippen LogP contribution in [0.2, 0.25) is 0 Å². The van der Waals surface area contributed by atoms with E-state index in [9.17, 15) is 13.6 Å². The number of alkyl halides is 2. The van der Waals surface area contributed by atoms with Crippen LogP contribution in [0.3, 0.4) is 0 Å². The first kappa shape index (κ1) is 17.9. The van der Waals surface area contributed by atoms with E-state index in [4.69, 9.17) is 0 Å². The number of hydrogen-bond donors (Lipinski definition) is 2. The summed E-state index contributed by atoms with van der Waals surface area (Å²) >= 11 is 0. The number of ether oxygens (including phenoxy) is 1. The third kappa shape index (κ3) is 3.82. The summed E-state index contributed by atoms with van der Waals surface area (Å²) in [5, 5.41) is 10.0. The van der Waals surface area contributed by atoms with Gasteiger partial charge in [-0.25, -0.2) is 0 Å². The average Bonchev–Trinajstić information content (AvgIpc) is 3.38. The van der Waals surface area contributed by atoms with Crippen LogP contribution in [0.1, 0.15) is 43.1 Å². The number of nitrogens with zero attached hydrogens (tertiary/aromatic N) is 1. The van der Waals surface area contributed by atoms with Crippen molar-refractivity contribution in [2.24, 2.45) is 17.8 Å². The highest BCUT2D eigenvalue weighted by atomic mass is 19.3. The van der Waals surface area contributed by atoms with Gasteiger partial charge in [-0.15, -0.1) is 0 Å². The van der Waals surface area contributed by atoms with Gasteiger partial charge in [0.25, 0.3) is 5.91 Å². The second-order valence-corrected chi connectivity index (χ2v) is 7.67. The Morgan fingerprint density at radius 1 is 1.26 bits per heavy atom. The van der Waals surface area contributed by atoms with Gasteiger partial charge in [0.2, 0.25) is 0 Å². The number of hydrogen-bond acceptors (Lipinski definition) is 3. The number of carbonyl (C=O) groups excluding carboxylic acids is 1. The molecule has 5 nitrogen and oxygen atoms in total. The molecule has 1 aromatic heterocycles. The van der Waals surface area contributed by atoms with Gasteiger partial charge in [-0.1, -0.05) is 6.42 Å². The van der Waals surface area contributed by atoms with Crippen LogP contribution in [0, 0.1) is 17.8 Å². The van der Waals surface area contributed by atoms with Crippen molar-refractivity contribution in [3.63, 3.8) is 0 Å². The maximum atomic E-state index is 12.6. The molecular formula is C20H23F2N3O2. The predicted octanol–water partition coefficient (Wildman–Crippen LogP) is 4.23. The molecule has 0 spiro atoms. The van der Waals surface area contributed by atoms with Crippen LogP contribution in [0.15, 0.2) is 30.3 Å². The number of nitrogens with one attached hydrogen (secondary N) is 2. The second-order valence-electron chi connectivity index (χ2n) is 7.67. The van der Waals surface area contributed by atoms with Crippen LogP contribution >= 0.6 is 0 Å². The van der Waals surface area contributed by atoms with Gasteiger partial charge in [0.05, 0.1) is 5.69 Å². The normalized spacial score (nSPS) is 25.0. The second kappa shape index (κ2) is 7.29. The molecule has 0 aliphatic heterocycles. The number of aromatic nitrogens is 2. The lowest BCUT2D eigenvalue weighted by atomic mass is 9.84. The van der Waals surface area contributed by atoms with Gasteiger partial charge in [-0.2, -0.15) is 13.9 Å². The quantitative estimate of drug-likeness (QED) is 0.794.